The first-order valence-electron chi connectivity index (χ1n) is 8.83. The third-order valence-electron chi connectivity index (χ3n) is 4.25. The van der Waals surface area contributed by atoms with Crippen LogP contribution in [-0.4, -0.2) is 43.6 Å². The fourth-order valence-electron chi connectivity index (χ4n) is 2.85. The summed E-state index contributed by atoms with van der Waals surface area (Å²) in [7, 11) is 0. The number of carbonyl (C=O) groups excluding carboxylic acids is 1. The molecule has 0 saturated carbocycles. The van der Waals surface area contributed by atoms with Crippen LogP contribution in [0, 0.1) is 11.8 Å². The van der Waals surface area contributed by atoms with E-state index in [0.717, 1.165) is 50.3 Å². The van der Waals surface area contributed by atoms with Crippen LogP contribution in [0.15, 0.2) is 24.3 Å². The number of benzene rings is 1. The Bertz CT molecular complexity index is 500. The van der Waals surface area contributed by atoms with Crippen molar-refractivity contribution in [1.29, 1.82) is 0 Å². The summed E-state index contributed by atoms with van der Waals surface area (Å²) < 4.78 is 5.73. The van der Waals surface area contributed by atoms with Crippen molar-refractivity contribution in [3.63, 3.8) is 0 Å². The maximum Gasteiger partial charge on any atom is 0.253 e. The number of piperidine rings is 1. The highest BCUT2D eigenvalue weighted by atomic mass is 35.5. The van der Waals surface area contributed by atoms with Crippen LogP contribution in [-0.2, 0) is 0 Å². The maximum absolute atomic E-state index is 12.7. The molecule has 0 unspecified atom stereocenters. The standard InChI is InChI=1S/C19H30N2O2.ClH/c1-4-20-13-16-8-10-21(11-9-16)19(22)17-6-5-7-18(12-17)23-14-15(2)3;/h5-7,12,15-16,20H,4,8-11,13-14H2,1-3H3;1H. The Morgan fingerprint density at radius 2 is 2.04 bits per heavy atom. The van der Waals surface area contributed by atoms with Crippen LogP contribution in [0.1, 0.15) is 44.0 Å². The molecule has 1 aromatic carbocycles. The van der Waals surface area contributed by atoms with Crippen molar-refractivity contribution in [1.82, 2.24) is 10.2 Å². The molecule has 4 nitrogen and oxygen atoms in total. The first-order chi connectivity index (χ1) is 11.1. The molecule has 1 amide bonds. The number of rotatable bonds is 7. The summed E-state index contributed by atoms with van der Waals surface area (Å²) in [6.45, 7) is 10.8. The molecule has 1 aliphatic rings. The van der Waals surface area contributed by atoms with Crippen LogP contribution in [0.25, 0.3) is 0 Å². The third kappa shape index (κ3) is 6.33. The summed E-state index contributed by atoms with van der Waals surface area (Å²) in [4.78, 5) is 14.6. The maximum atomic E-state index is 12.7. The van der Waals surface area contributed by atoms with Gasteiger partial charge in [0.15, 0.2) is 0 Å². The summed E-state index contributed by atoms with van der Waals surface area (Å²) in [6.07, 6.45) is 2.17. The molecule has 1 aliphatic heterocycles. The fraction of sp³-hybridized carbons (Fsp3) is 0.632. The molecule has 5 heteroatoms. The Morgan fingerprint density at radius 3 is 2.67 bits per heavy atom. The first-order valence-corrected chi connectivity index (χ1v) is 8.83. The second-order valence-corrected chi connectivity index (χ2v) is 6.78. The Morgan fingerprint density at radius 1 is 1.33 bits per heavy atom. The zero-order chi connectivity index (χ0) is 16.7. The number of nitrogens with zero attached hydrogens (tertiary/aromatic N) is 1. The van der Waals surface area contributed by atoms with Gasteiger partial charge >= 0.3 is 0 Å². The summed E-state index contributed by atoms with van der Waals surface area (Å²) >= 11 is 0. The Hall–Kier alpha value is -1.26. The monoisotopic (exact) mass is 354 g/mol. The lowest BCUT2D eigenvalue weighted by atomic mass is 9.96. The van der Waals surface area contributed by atoms with Crippen LogP contribution >= 0.6 is 12.4 Å². The van der Waals surface area contributed by atoms with Crippen LogP contribution in [0.3, 0.4) is 0 Å². The Labute approximate surface area is 152 Å². The van der Waals surface area contributed by atoms with Crippen molar-refractivity contribution in [2.75, 3.05) is 32.8 Å². The number of hydrogen-bond donors (Lipinski definition) is 1. The van der Waals surface area contributed by atoms with Gasteiger partial charge in [0.05, 0.1) is 6.61 Å². The lowest BCUT2D eigenvalue weighted by Gasteiger charge is -2.32. The molecule has 0 aromatic heterocycles. The largest absolute Gasteiger partial charge is 0.493 e. The smallest absolute Gasteiger partial charge is 0.253 e. The Kier molecular flexibility index (Phi) is 9.16. The van der Waals surface area contributed by atoms with E-state index in [-0.39, 0.29) is 18.3 Å². The molecule has 1 saturated heterocycles. The molecule has 1 aromatic rings. The van der Waals surface area contributed by atoms with Crippen molar-refractivity contribution < 1.29 is 9.53 Å². The van der Waals surface area contributed by atoms with Gasteiger partial charge in [0.1, 0.15) is 5.75 Å². The summed E-state index contributed by atoms with van der Waals surface area (Å²) in [5.74, 6) is 2.08. The summed E-state index contributed by atoms with van der Waals surface area (Å²) in [5.41, 5.74) is 0.733. The molecule has 1 N–H and O–H groups in total. The van der Waals surface area contributed by atoms with E-state index in [0.29, 0.717) is 18.4 Å². The van der Waals surface area contributed by atoms with Crippen molar-refractivity contribution >= 4 is 18.3 Å². The van der Waals surface area contributed by atoms with Gasteiger partial charge in [-0.15, -0.1) is 12.4 Å². The van der Waals surface area contributed by atoms with Gasteiger partial charge in [-0.3, -0.25) is 4.79 Å². The number of carbonyl (C=O) groups is 1. The van der Waals surface area contributed by atoms with E-state index in [2.05, 4.69) is 26.1 Å². The molecular weight excluding hydrogens is 324 g/mol. The van der Waals surface area contributed by atoms with Gasteiger partial charge in [0.25, 0.3) is 5.91 Å². The average molecular weight is 355 g/mol. The van der Waals surface area contributed by atoms with Crippen molar-refractivity contribution in [2.24, 2.45) is 11.8 Å². The van der Waals surface area contributed by atoms with Gasteiger partial charge < -0.3 is 15.0 Å². The fourth-order valence-corrected chi connectivity index (χ4v) is 2.85. The minimum Gasteiger partial charge on any atom is -0.493 e. The summed E-state index contributed by atoms with van der Waals surface area (Å²) in [5, 5.41) is 3.40. The van der Waals surface area contributed by atoms with Crippen LogP contribution < -0.4 is 10.1 Å². The molecular formula is C19H31ClN2O2. The molecule has 1 fully saturated rings. The van der Waals surface area contributed by atoms with Gasteiger partial charge in [-0.1, -0.05) is 26.8 Å². The lowest BCUT2D eigenvalue weighted by Crippen LogP contribution is -2.40. The predicted octanol–water partition coefficient (Wildman–Crippen LogP) is 3.60. The van der Waals surface area contributed by atoms with E-state index in [9.17, 15) is 4.79 Å². The normalized spacial score (nSPS) is 15.2. The third-order valence-corrected chi connectivity index (χ3v) is 4.25. The molecule has 2 rings (SSSR count). The average Bonchev–Trinajstić information content (AvgIpc) is 2.58. The van der Waals surface area contributed by atoms with E-state index in [1.54, 1.807) is 0 Å². The van der Waals surface area contributed by atoms with Crippen LogP contribution in [0.4, 0.5) is 0 Å². The summed E-state index contributed by atoms with van der Waals surface area (Å²) in [6, 6.07) is 7.58. The minimum absolute atomic E-state index is 0. The second kappa shape index (κ2) is 10.6. The SMILES string of the molecule is CCNCC1CCN(C(=O)c2cccc(OCC(C)C)c2)CC1.Cl. The molecule has 1 heterocycles. The van der Waals surface area contributed by atoms with E-state index >= 15 is 0 Å². The van der Waals surface area contributed by atoms with Crippen molar-refractivity contribution in [3.8, 4) is 5.75 Å². The van der Waals surface area contributed by atoms with Crippen molar-refractivity contribution in [2.45, 2.75) is 33.6 Å². The number of halogens is 1. The predicted molar refractivity (Wildman–Crippen MR) is 101 cm³/mol. The highest BCUT2D eigenvalue weighted by Crippen LogP contribution is 2.20. The molecule has 0 aliphatic carbocycles. The number of ether oxygens (including phenoxy) is 1. The van der Waals surface area contributed by atoms with Gasteiger partial charge in [-0.25, -0.2) is 0 Å². The van der Waals surface area contributed by atoms with Gasteiger partial charge in [0.2, 0.25) is 0 Å². The van der Waals surface area contributed by atoms with Crippen LogP contribution in [0.2, 0.25) is 0 Å². The molecule has 0 spiro atoms. The second-order valence-electron chi connectivity index (χ2n) is 6.78. The van der Waals surface area contributed by atoms with Gasteiger partial charge in [-0.2, -0.15) is 0 Å². The zero-order valence-electron chi connectivity index (χ0n) is 15.1. The number of likely N-dealkylation sites (tertiary alicyclic amines) is 1. The highest BCUT2D eigenvalue weighted by molar-refractivity contribution is 5.94. The number of amides is 1. The first kappa shape index (κ1) is 20.8. The number of hydrogen-bond acceptors (Lipinski definition) is 3. The van der Waals surface area contributed by atoms with Gasteiger partial charge in [0, 0.05) is 18.7 Å². The molecule has 24 heavy (non-hydrogen) atoms. The van der Waals surface area contributed by atoms with Crippen molar-refractivity contribution in [3.05, 3.63) is 29.8 Å². The highest BCUT2D eigenvalue weighted by Gasteiger charge is 2.23. The Balaban J connectivity index is 0.00000288. The van der Waals surface area contributed by atoms with E-state index in [1.807, 2.05) is 29.2 Å². The topological polar surface area (TPSA) is 41.6 Å². The van der Waals surface area contributed by atoms with E-state index in [1.165, 1.54) is 0 Å². The lowest BCUT2D eigenvalue weighted by molar-refractivity contribution is 0.0690. The van der Waals surface area contributed by atoms with Crippen LogP contribution in [0.5, 0.6) is 5.75 Å². The quantitative estimate of drug-likeness (QED) is 0.813. The zero-order valence-corrected chi connectivity index (χ0v) is 15.9. The molecule has 136 valence electrons. The minimum atomic E-state index is 0. The molecule has 0 atom stereocenters. The molecule has 0 radical (unpaired) electrons. The molecule has 0 bridgehead atoms. The number of nitrogens with one attached hydrogen (secondary N) is 1. The van der Waals surface area contributed by atoms with E-state index < -0.39 is 0 Å². The van der Waals surface area contributed by atoms with E-state index in [4.69, 9.17) is 4.74 Å². The van der Waals surface area contributed by atoms with Gasteiger partial charge in [-0.05, 0) is 56.0 Å².